The Balaban J connectivity index is 2.45. The number of carbonyl (C=O) groups excluding carboxylic acids is 1. The van der Waals surface area contributed by atoms with Crippen LogP contribution in [0.3, 0.4) is 0 Å². The molecule has 1 aliphatic carbocycles. The summed E-state index contributed by atoms with van der Waals surface area (Å²) in [5.41, 5.74) is 2.63. The largest absolute Gasteiger partial charge is 0.507 e. The number of hydrogen-bond donors (Lipinski definition) is 1. The number of aromatic hydroxyl groups is 1. The van der Waals surface area contributed by atoms with E-state index >= 15 is 0 Å². The lowest BCUT2D eigenvalue weighted by Crippen LogP contribution is -2.07. The lowest BCUT2D eigenvalue weighted by molar-refractivity contribution is -0.111. The first-order valence-electron chi connectivity index (χ1n) is 5.56. The summed E-state index contributed by atoms with van der Waals surface area (Å²) in [7, 11) is 0. The zero-order valence-electron chi connectivity index (χ0n) is 10.4. The molecule has 1 aromatic rings. The number of rotatable bonds is 1. The lowest BCUT2D eigenvalue weighted by atomic mass is 10.1. The maximum absolute atomic E-state index is 11.4. The van der Waals surface area contributed by atoms with Gasteiger partial charge in [0.05, 0.1) is 21.5 Å². The summed E-state index contributed by atoms with van der Waals surface area (Å²) >= 11 is 11.6. The van der Waals surface area contributed by atoms with E-state index in [0.29, 0.717) is 11.4 Å². The second-order valence-corrected chi connectivity index (χ2v) is 5.09. The minimum Gasteiger partial charge on any atom is -0.507 e. The van der Waals surface area contributed by atoms with E-state index in [1.807, 2.05) is 0 Å². The highest BCUT2D eigenvalue weighted by Gasteiger charge is 2.17. The summed E-state index contributed by atoms with van der Waals surface area (Å²) in [5.74, 6) is -0.148. The number of halogens is 2. The molecule has 0 atom stereocenters. The van der Waals surface area contributed by atoms with E-state index in [-0.39, 0.29) is 15.8 Å². The van der Waals surface area contributed by atoms with Crippen LogP contribution in [0.2, 0.25) is 0 Å². The Morgan fingerprint density at radius 3 is 2.00 bits per heavy atom. The maximum atomic E-state index is 11.4. The van der Waals surface area contributed by atoms with Crippen molar-refractivity contribution >= 4 is 40.4 Å². The molecule has 0 aliphatic heterocycles. The summed E-state index contributed by atoms with van der Waals surface area (Å²) in [6, 6.07) is 3.49. The Kier molecular flexibility index (Phi) is 3.78. The monoisotopic (exact) mass is 295 g/mol. The fourth-order valence-electron chi connectivity index (χ4n) is 1.76. The number of phenols is 1. The van der Waals surface area contributed by atoms with Gasteiger partial charge in [0.25, 0.3) is 0 Å². The molecule has 0 unspecified atom stereocenters. The molecule has 0 aromatic heterocycles. The van der Waals surface area contributed by atoms with Crippen molar-refractivity contribution in [3.05, 3.63) is 45.5 Å². The third-order valence-corrected chi connectivity index (χ3v) is 3.28. The summed E-state index contributed by atoms with van der Waals surface area (Å²) in [5, 5.41) is 9.78. The minimum absolute atomic E-state index is 0.0403. The van der Waals surface area contributed by atoms with Crippen LogP contribution in [0.4, 0.5) is 5.69 Å². The van der Waals surface area contributed by atoms with E-state index in [1.54, 1.807) is 26.0 Å². The number of hydrogen-bond acceptors (Lipinski definition) is 3. The topological polar surface area (TPSA) is 49.7 Å². The van der Waals surface area contributed by atoms with Crippen molar-refractivity contribution in [3.8, 4) is 5.75 Å². The predicted molar refractivity (Wildman–Crippen MR) is 77.6 cm³/mol. The van der Waals surface area contributed by atoms with Gasteiger partial charge in [0.2, 0.25) is 5.78 Å². The molecule has 0 heterocycles. The van der Waals surface area contributed by atoms with Gasteiger partial charge in [0.1, 0.15) is 5.75 Å². The number of aliphatic imine (C=N–C) groups is 1. The molecule has 2 rings (SSSR count). The highest BCUT2D eigenvalue weighted by molar-refractivity contribution is 6.57. The number of phenolic OH excluding ortho intramolecular Hbond substituents is 1. The van der Waals surface area contributed by atoms with Crippen LogP contribution < -0.4 is 0 Å². The van der Waals surface area contributed by atoms with Crippen LogP contribution in [0, 0.1) is 13.8 Å². The van der Waals surface area contributed by atoms with Crippen molar-refractivity contribution in [2.75, 3.05) is 0 Å². The number of ketones is 1. The number of nitrogens with zero attached hydrogens (tertiary/aromatic N) is 1. The molecule has 5 heteroatoms. The average Bonchev–Trinajstić information content (AvgIpc) is 2.33. The molecule has 1 aromatic carbocycles. The van der Waals surface area contributed by atoms with Crippen molar-refractivity contribution in [1.29, 1.82) is 0 Å². The van der Waals surface area contributed by atoms with Crippen LogP contribution in [0.5, 0.6) is 5.75 Å². The highest BCUT2D eigenvalue weighted by Crippen LogP contribution is 2.28. The summed E-state index contributed by atoms with van der Waals surface area (Å²) in [6.45, 7) is 3.59. The lowest BCUT2D eigenvalue weighted by Gasteiger charge is -2.08. The summed E-state index contributed by atoms with van der Waals surface area (Å²) < 4.78 is 0. The first-order valence-corrected chi connectivity index (χ1v) is 6.32. The number of Topliss-reactive ketones (excluding diaryl/α,β-unsaturated/α-hetero) is 1. The van der Waals surface area contributed by atoms with Gasteiger partial charge in [0, 0.05) is 0 Å². The van der Waals surface area contributed by atoms with Crippen LogP contribution in [-0.2, 0) is 4.79 Å². The average molecular weight is 296 g/mol. The van der Waals surface area contributed by atoms with Gasteiger partial charge < -0.3 is 5.11 Å². The molecule has 98 valence electrons. The molecule has 0 amide bonds. The molecule has 3 nitrogen and oxygen atoms in total. The Morgan fingerprint density at radius 2 is 1.53 bits per heavy atom. The zero-order chi connectivity index (χ0) is 14.2. The summed E-state index contributed by atoms with van der Waals surface area (Å²) in [4.78, 5) is 15.7. The third kappa shape index (κ3) is 2.88. The van der Waals surface area contributed by atoms with Gasteiger partial charge >= 0.3 is 0 Å². The molecule has 0 saturated heterocycles. The van der Waals surface area contributed by atoms with Crippen molar-refractivity contribution in [2.45, 2.75) is 13.8 Å². The number of aryl methyl sites for hydroxylation is 2. The van der Waals surface area contributed by atoms with E-state index in [1.165, 1.54) is 12.2 Å². The quantitative estimate of drug-likeness (QED) is 0.799. The van der Waals surface area contributed by atoms with Crippen molar-refractivity contribution in [1.82, 2.24) is 0 Å². The van der Waals surface area contributed by atoms with Gasteiger partial charge in [-0.15, -0.1) is 0 Å². The van der Waals surface area contributed by atoms with Gasteiger partial charge in [-0.25, -0.2) is 4.99 Å². The van der Waals surface area contributed by atoms with Crippen LogP contribution in [0.25, 0.3) is 0 Å². The Labute approximate surface area is 120 Å². The first kappa shape index (κ1) is 13.8. The van der Waals surface area contributed by atoms with Gasteiger partial charge in [-0.1, -0.05) is 23.2 Å². The number of benzene rings is 1. The smallest absolute Gasteiger partial charge is 0.215 e. The van der Waals surface area contributed by atoms with Gasteiger partial charge in [0.15, 0.2) is 0 Å². The second-order valence-electron chi connectivity index (χ2n) is 4.28. The zero-order valence-corrected chi connectivity index (χ0v) is 11.9. The standard InChI is InChI=1S/C14H11Cl2NO2/c1-7-3-9(4-8(2)13(7)18)17-10-5-11(15)14(19)12(16)6-10/h3-6,18H,1-2H3. The van der Waals surface area contributed by atoms with E-state index in [2.05, 4.69) is 4.99 Å². The van der Waals surface area contributed by atoms with E-state index in [0.717, 1.165) is 11.1 Å². The van der Waals surface area contributed by atoms with Crippen LogP contribution in [0.15, 0.2) is 39.3 Å². The van der Waals surface area contributed by atoms with Crippen LogP contribution >= 0.6 is 23.2 Å². The van der Waals surface area contributed by atoms with Crippen LogP contribution in [-0.4, -0.2) is 16.6 Å². The molecule has 0 saturated carbocycles. The molecule has 0 fully saturated rings. The van der Waals surface area contributed by atoms with Gasteiger partial charge in [-0.05, 0) is 49.3 Å². The minimum atomic E-state index is -0.402. The fourth-order valence-corrected chi connectivity index (χ4v) is 2.23. The van der Waals surface area contributed by atoms with E-state index < -0.39 is 5.78 Å². The maximum Gasteiger partial charge on any atom is 0.215 e. The third-order valence-electron chi connectivity index (χ3n) is 2.72. The number of carbonyl (C=O) groups is 1. The number of allylic oxidation sites excluding steroid dienone is 4. The van der Waals surface area contributed by atoms with E-state index in [4.69, 9.17) is 23.2 Å². The van der Waals surface area contributed by atoms with Gasteiger partial charge in [-0.3, -0.25) is 4.79 Å². The van der Waals surface area contributed by atoms with E-state index in [9.17, 15) is 9.90 Å². The summed E-state index contributed by atoms with van der Waals surface area (Å²) in [6.07, 6.45) is 2.93. The molecular formula is C14H11Cl2NO2. The normalized spacial score (nSPS) is 15.2. The van der Waals surface area contributed by atoms with Crippen LogP contribution in [0.1, 0.15) is 11.1 Å². The Morgan fingerprint density at radius 1 is 1.05 bits per heavy atom. The predicted octanol–water partition coefficient (Wildman–Crippen LogP) is 3.91. The second kappa shape index (κ2) is 5.19. The molecular weight excluding hydrogens is 285 g/mol. The highest BCUT2D eigenvalue weighted by atomic mass is 35.5. The SMILES string of the molecule is Cc1cc(N=C2C=C(Cl)C(=O)C(Cl)=C2)cc(C)c1O. The Bertz CT molecular complexity index is 610. The molecule has 1 N–H and O–H groups in total. The van der Waals surface area contributed by atoms with Crippen molar-refractivity contribution < 1.29 is 9.90 Å². The van der Waals surface area contributed by atoms with Crippen molar-refractivity contribution in [2.24, 2.45) is 4.99 Å². The molecule has 0 bridgehead atoms. The molecule has 0 spiro atoms. The Hall–Kier alpha value is -1.58. The molecule has 19 heavy (non-hydrogen) atoms. The van der Waals surface area contributed by atoms with Gasteiger partial charge in [-0.2, -0.15) is 0 Å². The first-order chi connectivity index (χ1) is 8.88. The van der Waals surface area contributed by atoms with Crippen molar-refractivity contribution in [3.63, 3.8) is 0 Å². The fraction of sp³-hybridized carbons (Fsp3) is 0.143. The molecule has 1 aliphatic rings. The molecule has 0 radical (unpaired) electrons.